The number of Topliss-reactive ketones (excluding diaryl/α,β-unsaturated/α-hetero) is 1. The molecule has 116 valence electrons. The van der Waals surface area contributed by atoms with Crippen molar-refractivity contribution in [2.45, 2.75) is 12.8 Å². The number of methoxy groups -OCH3 is 1. The van der Waals surface area contributed by atoms with Crippen LogP contribution in [0.1, 0.15) is 15.9 Å². The van der Waals surface area contributed by atoms with Crippen molar-refractivity contribution in [2.24, 2.45) is 0 Å². The van der Waals surface area contributed by atoms with Gasteiger partial charge in [0.2, 0.25) is 0 Å². The van der Waals surface area contributed by atoms with Gasteiger partial charge in [0, 0.05) is 0 Å². The molecule has 0 saturated carbocycles. The summed E-state index contributed by atoms with van der Waals surface area (Å²) in [7, 11) is 1.31. The van der Waals surface area contributed by atoms with Gasteiger partial charge in [0.25, 0.3) is 5.78 Å². The quantitative estimate of drug-likeness (QED) is 0.783. The van der Waals surface area contributed by atoms with Gasteiger partial charge >= 0.3 is 6.18 Å². The van der Waals surface area contributed by atoms with Gasteiger partial charge in [-0.3, -0.25) is 4.79 Å². The Morgan fingerprint density at radius 2 is 1.77 bits per heavy atom. The van der Waals surface area contributed by atoms with Crippen molar-refractivity contribution in [2.75, 3.05) is 7.11 Å². The number of halogens is 3. The van der Waals surface area contributed by atoms with Gasteiger partial charge in [-0.15, -0.1) is 0 Å². The number of ketones is 1. The molecule has 2 rings (SSSR count). The third-order valence-electron chi connectivity index (χ3n) is 2.93. The van der Waals surface area contributed by atoms with E-state index in [0.29, 0.717) is 0 Å². The van der Waals surface area contributed by atoms with Crippen molar-refractivity contribution in [1.82, 2.24) is 0 Å². The second kappa shape index (κ2) is 6.51. The molecule has 0 unspecified atom stereocenters. The fraction of sp³-hybridized carbons (Fsp3) is 0.188. The van der Waals surface area contributed by atoms with Crippen molar-refractivity contribution >= 4 is 5.78 Å². The topological polar surface area (TPSA) is 35.5 Å². The molecule has 2 aromatic rings. The average Bonchev–Trinajstić information content (AvgIpc) is 2.52. The number of ether oxygens (including phenoxy) is 2. The minimum atomic E-state index is -4.97. The van der Waals surface area contributed by atoms with Crippen LogP contribution in [0.5, 0.6) is 11.5 Å². The van der Waals surface area contributed by atoms with E-state index in [1.165, 1.54) is 19.2 Å². The fourth-order valence-electron chi connectivity index (χ4n) is 1.83. The maximum atomic E-state index is 12.7. The highest BCUT2D eigenvalue weighted by Crippen LogP contribution is 2.31. The standard InChI is InChI=1S/C16H13F3O3/c1-21-12-7-8-14(13(9-12)15(20)16(17,18)19)22-10-11-5-3-2-4-6-11/h2-9H,10H2,1H3. The molecule has 0 bridgehead atoms. The maximum absolute atomic E-state index is 12.7. The summed E-state index contributed by atoms with van der Waals surface area (Å²) in [6.45, 7) is 0.0608. The first-order valence-electron chi connectivity index (χ1n) is 6.38. The molecule has 22 heavy (non-hydrogen) atoms. The Hall–Kier alpha value is -2.50. The van der Waals surface area contributed by atoms with Gasteiger partial charge in [0.1, 0.15) is 18.1 Å². The van der Waals surface area contributed by atoms with E-state index < -0.39 is 17.5 Å². The second-order valence-corrected chi connectivity index (χ2v) is 4.46. The monoisotopic (exact) mass is 310 g/mol. The smallest absolute Gasteiger partial charge is 0.455 e. The molecule has 0 saturated heterocycles. The molecule has 3 nitrogen and oxygen atoms in total. The maximum Gasteiger partial charge on any atom is 0.455 e. The lowest BCUT2D eigenvalue weighted by molar-refractivity contribution is -0.0886. The summed E-state index contributed by atoms with van der Waals surface area (Å²) in [5.74, 6) is -1.94. The summed E-state index contributed by atoms with van der Waals surface area (Å²) in [6.07, 6.45) is -4.97. The number of hydrogen-bond acceptors (Lipinski definition) is 3. The highest BCUT2D eigenvalue weighted by atomic mass is 19.4. The minimum absolute atomic E-state index is 0.0608. The van der Waals surface area contributed by atoms with Gasteiger partial charge in [-0.2, -0.15) is 13.2 Å². The van der Waals surface area contributed by atoms with Crippen LogP contribution in [0.2, 0.25) is 0 Å². The molecule has 0 aliphatic carbocycles. The molecular formula is C16H13F3O3. The van der Waals surface area contributed by atoms with E-state index in [0.717, 1.165) is 11.6 Å². The van der Waals surface area contributed by atoms with Crippen molar-refractivity contribution in [3.63, 3.8) is 0 Å². The molecule has 0 aliphatic heterocycles. The van der Waals surface area contributed by atoms with E-state index in [1.807, 2.05) is 6.07 Å². The lowest BCUT2D eigenvalue weighted by atomic mass is 10.1. The highest BCUT2D eigenvalue weighted by molar-refractivity contribution is 6.02. The van der Waals surface area contributed by atoms with Gasteiger partial charge in [-0.25, -0.2) is 0 Å². The van der Waals surface area contributed by atoms with Crippen LogP contribution in [0.15, 0.2) is 48.5 Å². The van der Waals surface area contributed by atoms with Gasteiger partial charge in [0.15, 0.2) is 0 Å². The van der Waals surface area contributed by atoms with Crippen molar-refractivity contribution < 1.29 is 27.4 Å². The fourth-order valence-corrected chi connectivity index (χ4v) is 1.83. The van der Waals surface area contributed by atoms with Crippen LogP contribution in [0.4, 0.5) is 13.2 Å². The van der Waals surface area contributed by atoms with Crippen LogP contribution in [-0.4, -0.2) is 19.1 Å². The van der Waals surface area contributed by atoms with Gasteiger partial charge in [0.05, 0.1) is 12.7 Å². The predicted molar refractivity (Wildman–Crippen MR) is 74.2 cm³/mol. The van der Waals surface area contributed by atoms with E-state index >= 15 is 0 Å². The minimum Gasteiger partial charge on any atom is -0.497 e. The first kappa shape index (κ1) is 15.9. The van der Waals surface area contributed by atoms with Crippen LogP contribution < -0.4 is 9.47 Å². The Balaban J connectivity index is 2.28. The SMILES string of the molecule is COc1ccc(OCc2ccccc2)c(C(=O)C(F)(F)F)c1. The summed E-state index contributed by atoms with van der Waals surface area (Å²) in [5.41, 5.74) is 0.214. The zero-order chi connectivity index (χ0) is 16.2. The van der Waals surface area contributed by atoms with Crippen molar-refractivity contribution in [1.29, 1.82) is 0 Å². The lowest BCUT2D eigenvalue weighted by Gasteiger charge is -2.13. The van der Waals surface area contributed by atoms with E-state index in [2.05, 4.69) is 0 Å². The first-order valence-corrected chi connectivity index (χ1v) is 6.38. The summed E-state index contributed by atoms with van der Waals surface area (Å²) >= 11 is 0. The number of carbonyl (C=O) groups is 1. The van der Waals surface area contributed by atoms with E-state index in [-0.39, 0.29) is 18.1 Å². The number of alkyl halides is 3. The Labute approximate surface area is 125 Å². The normalized spacial score (nSPS) is 11.1. The van der Waals surface area contributed by atoms with Gasteiger partial charge < -0.3 is 9.47 Å². The van der Waals surface area contributed by atoms with E-state index in [1.54, 1.807) is 24.3 Å². The molecule has 0 atom stereocenters. The van der Waals surface area contributed by atoms with Crippen LogP contribution in [0, 0.1) is 0 Å². The first-order chi connectivity index (χ1) is 10.4. The van der Waals surface area contributed by atoms with Crippen LogP contribution in [-0.2, 0) is 6.61 Å². The third-order valence-corrected chi connectivity index (χ3v) is 2.93. The van der Waals surface area contributed by atoms with E-state index in [9.17, 15) is 18.0 Å². The summed E-state index contributed by atoms with van der Waals surface area (Å²) in [5, 5.41) is 0. The highest BCUT2D eigenvalue weighted by Gasteiger charge is 2.41. The molecular weight excluding hydrogens is 297 g/mol. The molecule has 0 aromatic heterocycles. The molecule has 6 heteroatoms. The van der Waals surface area contributed by atoms with Crippen LogP contribution in [0.25, 0.3) is 0 Å². The van der Waals surface area contributed by atoms with Crippen molar-refractivity contribution in [3.05, 3.63) is 59.7 Å². The molecule has 0 spiro atoms. The Morgan fingerprint density at radius 3 is 2.36 bits per heavy atom. The van der Waals surface area contributed by atoms with E-state index in [4.69, 9.17) is 9.47 Å². The predicted octanol–water partition coefficient (Wildman–Crippen LogP) is 4.02. The molecule has 0 fully saturated rings. The third kappa shape index (κ3) is 3.78. The number of carbonyl (C=O) groups excluding carboxylic acids is 1. The summed E-state index contributed by atoms with van der Waals surface area (Å²) in [6, 6.07) is 12.7. The van der Waals surface area contributed by atoms with Crippen molar-refractivity contribution in [3.8, 4) is 11.5 Å². The summed E-state index contributed by atoms with van der Waals surface area (Å²) < 4.78 is 48.2. The van der Waals surface area contributed by atoms with Gasteiger partial charge in [-0.05, 0) is 23.8 Å². The average molecular weight is 310 g/mol. The molecule has 0 radical (unpaired) electrons. The second-order valence-electron chi connectivity index (χ2n) is 4.46. The molecule has 0 heterocycles. The Kier molecular flexibility index (Phi) is 4.70. The van der Waals surface area contributed by atoms with Crippen LogP contribution in [0.3, 0.4) is 0 Å². The van der Waals surface area contributed by atoms with Crippen LogP contribution >= 0.6 is 0 Å². The number of benzene rings is 2. The van der Waals surface area contributed by atoms with Gasteiger partial charge in [-0.1, -0.05) is 30.3 Å². The molecule has 0 aliphatic rings. The number of rotatable bonds is 5. The lowest BCUT2D eigenvalue weighted by Crippen LogP contribution is -2.23. The summed E-state index contributed by atoms with van der Waals surface area (Å²) in [4.78, 5) is 11.5. The molecule has 0 amide bonds. The Bertz CT molecular complexity index is 651. The molecule has 2 aromatic carbocycles. The zero-order valence-electron chi connectivity index (χ0n) is 11.7. The number of hydrogen-bond donors (Lipinski definition) is 0. The largest absolute Gasteiger partial charge is 0.497 e. The Morgan fingerprint density at radius 1 is 1.09 bits per heavy atom. The molecule has 0 N–H and O–H groups in total. The zero-order valence-corrected chi connectivity index (χ0v) is 11.7.